The second kappa shape index (κ2) is 10.7. The third-order valence-corrected chi connectivity index (χ3v) is 5.67. The molecule has 3 N–H and O–H groups in total. The summed E-state index contributed by atoms with van der Waals surface area (Å²) in [5, 5.41) is 3.61. The number of aliphatic imine (C=N–C) groups is 1. The number of thioether (sulfide) groups is 1. The lowest BCUT2D eigenvalue weighted by Crippen LogP contribution is -2.48. The molecular weight excluding hydrogens is 416 g/mol. The Morgan fingerprint density at radius 3 is 2.69 bits per heavy atom. The molecule has 144 valence electrons. The summed E-state index contributed by atoms with van der Waals surface area (Å²) < 4.78 is 6.11. The van der Waals surface area contributed by atoms with E-state index in [0.29, 0.717) is 37.5 Å². The van der Waals surface area contributed by atoms with Crippen LogP contribution in [0, 0.1) is 0 Å². The zero-order chi connectivity index (χ0) is 18.9. The van der Waals surface area contributed by atoms with E-state index in [1.807, 2.05) is 19.1 Å². The van der Waals surface area contributed by atoms with Crippen molar-refractivity contribution in [2.75, 3.05) is 26.2 Å². The highest BCUT2D eigenvalue weighted by Gasteiger charge is 2.23. The maximum absolute atomic E-state index is 11.7. The number of halogens is 1. The predicted octanol–water partition coefficient (Wildman–Crippen LogP) is 3.45. The Morgan fingerprint density at radius 1 is 1.42 bits per heavy atom. The number of hydrogen-bond acceptors (Lipinski definition) is 4. The quantitative estimate of drug-likeness (QED) is 0.400. The maximum Gasteiger partial charge on any atom is 0.409 e. The van der Waals surface area contributed by atoms with Crippen molar-refractivity contribution in [1.82, 2.24) is 10.2 Å². The van der Waals surface area contributed by atoms with E-state index in [1.54, 1.807) is 16.7 Å². The first-order chi connectivity index (χ1) is 12.5. The van der Waals surface area contributed by atoms with Gasteiger partial charge in [-0.3, -0.25) is 4.99 Å². The van der Waals surface area contributed by atoms with Gasteiger partial charge in [0.1, 0.15) is 0 Å². The van der Waals surface area contributed by atoms with E-state index in [2.05, 4.69) is 45.3 Å². The molecule has 1 aliphatic heterocycles. The van der Waals surface area contributed by atoms with Crippen LogP contribution in [0.2, 0.25) is 0 Å². The van der Waals surface area contributed by atoms with Crippen LogP contribution < -0.4 is 11.1 Å². The first-order valence-corrected chi connectivity index (χ1v) is 10.6. The highest BCUT2D eigenvalue weighted by Crippen LogP contribution is 2.24. The van der Waals surface area contributed by atoms with Gasteiger partial charge in [0.25, 0.3) is 0 Å². The number of benzene rings is 1. The Kier molecular flexibility index (Phi) is 8.58. The van der Waals surface area contributed by atoms with Crippen LogP contribution in [0.5, 0.6) is 0 Å². The van der Waals surface area contributed by atoms with Crippen molar-refractivity contribution >= 4 is 39.7 Å². The number of guanidine groups is 1. The van der Waals surface area contributed by atoms with Crippen LogP contribution in [0.3, 0.4) is 0 Å². The molecule has 0 spiro atoms. The van der Waals surface area contributed by atoms with E-state index < -0.39 is 0 Å². The summed E-state index contributed by atoms with van der Waals surface area (Å²) in [5.41, 5.74) is 6.03. The van der Waals surface area contributed by atoms with Crippen molar-refractivity contribution in [2.24, 2.45) is 10.7 Å². The van der Waals surface area contributed by atoms with Crippen LogP contribution in [0.25, 0.3) is 0 Å². The molecule has 1 amide bonds. The molecule has 1 atom stereocenters. The van der Waals surface area contributed by atoms with Gasteiger partial charge < -0.3 is 20.7 Å². The van der Waals surface area contributed by atoms with E-state index in [1.165, 1.54) is 4.90 Å². The highest BCUT2D eigenvalue weighted by atomic mass is 79.9. The second-order valence-corrected chi connectivity index (χ2v) is 8.64. The number of piperidine rings is 1. The number of carbonyl (C=O) groups excluding carboxylic acids is 1. The average Bonchev–Trinajstić information content (AvgIpc) is 2.63. The van der Waals surface area contributed by atoms with Crippen molar-refractivity contribution in [3.63, 3.8) is 0 Å². The van der Waals surface area contributed by atoms with E-state index in [-0.39, 0.29) is 12.1 Å². The minimum atomic E-state index is -0.230. The summed E-state index contributed by atoms with van der Waals surface area (Å²) in [6.07, 6.45) is 1.46. The number of rotatable bonds is 6. The molecule has 0 aliphatic carbocycles. The van der Waals surface area contributed by atoms with Gasteiger partial charge in [0.2, 0.25) is 0 Å². The highest BCUT2D eigenvalue weighted by molar-refractivity contribution is 9.10. The molecular formula is C18H27BrN4O2S. The molecule has 6 nitrogen and oxygen atoms in total. The van der Waals surface area contributed by atoms with Crippen molar-refractivity contribution in [1.29, 1.82) is 0 Å². The van der Waals surface area contributed by atoms with Gasteiger partial charge in [-0.1, -0.05) is 22.9 Å². The zero-order valence-corrected chi connectivity index (χ0v) is 17.7. The van der Waals surface area contributed by atoms with E-state index in [4.69, 9.17) is 10.5 Å². The number of ether oxygens (including phenoxy) is 1. The molecule has 0 aromatic heterocycles. The van der Waals surface area contributed by atoms with E-state index in [0.717, 1.165) is 17.3 Å². The fourth-order valence-electron chi connectivity index (χ4n) is 2.69. The van der Waals surface area contributed by atoms with Gasteiger partial charge in [0, 0.05) is 33.7 Å². The van der Waals surface area contributed by atoms with Gasteiger partial charge in [0.15, 0.2) is 5.96 Å². The smallest absolute Gasteiger partial charge is 0.409 e. The number of carbonyl (C=O) groups is 1. The Morgan fingerprint density at radius 2 is 2.08 bits per heavy atom. The number of nitrogens with one attached hydrogen (secondary N) is 1. The topological polar surface area (TPSA) is 80.0 Å². The molecule has 2 rings (SSSR count). The molecule has 1 heterocycles. The Balaban J connectivity index is 1.71. The molecule has 1 aromatic carbocycles. The normalized spacial score (nSPS) is 17.0. The third-order valence-electron chi connectivity index (χ3n) is 4.04. The molecule has 0 radical (unpaired) electrons. The standard InChI is InChI=1S/C18H27BrN4O2S/c1-3-25-18(24)23-10-8-15(9-11-23)22-17(20)21-12-13(2)26-16-6-4-14(19)5-7-16/h4-7,13,15H,3,8-12H2,1-2H3,(H3,20,21,22). The van der Waals surface area contributed by atoms with Crippen LogP contribution in [0.4, 0.5) is 4.79 Å². The van der Waals surface area contributed by atoms with Gasteiger partial charge in [-0.2, -0.15) is 0 Å². The fourth-order valence-corrected chi connectivity index (χ4v) is 3.86. The number of nitrogens with two attached hydrogens (primary N) is 1. The largest absolute Gasteiger partial charge is 0.450 e. The van der Waals surface area contributed by atoms with Crippen LogP contribution in [-0.4, -0.2) is 54.5 Å². The summed E-state index contributed by atoms with van der Waals surface area (Å²) >= 11 is 5.22. The second-order valence-electron chi connectivity index (χ2n) is 6.21. The Labute approximate surface area is 168 Å². The van der Waals surface area contributed by atoms with Crippen molar-refractivity contribution in [3.8, 4) is 0 Å². The number of likely N-dealkylation sites (tertiary alicyclic amines) is 1. The summed E-state index contributed by atoms with van der Waals surface area (Å²) in [4.78, 5) is 19.1. The minimum Gasteiger partial charge on any atom is -0.450 e. The van der Waals surface area contributed by atoms with Gasteiger partial charge in [-0.25, -0.2) is 4.79 Å². The summed E-state index contributed by atoms with van der Waals surface area (Å²) in [7, 11) is 0. The van der Waals surface area contributed by atoms with Crippen LogP contribution >= 0.6 is 27.7 Å². The number of nitrogens with zero attached hydrogens (tertiary/aromatic N) is 2. The lowest BCUT2D eigenvalue weighted by molar-refractivity contribution is 0.0963. The molecule has 1 aromatic rings. The van der Waals surface area contributed by atoms with Gasteiger partial charge in [-0.05, 0) is 44.0 Å². The van der Waals surface area contributed by atoms with Gasteiger partial charge >= 0.3 is 6.09 Å². The van der Waals surface area contributed by atoms with Crippen molar-refractivity contribution in [3.05, 3.63) is 28.7 Å². The molecule has 0 bridgehead atoms. The van der Waals surface area contributed by atoms with Gasteiger partial charge in [-0.15, -0.1) is 11.8 Å². The lowest BCUT2D eigenvalue weighted by Gasteiger charge is -2.31. The molecule has 26 heavy (non-hydrogen) atoms. The van der Waals surface area contributed by atoms with Crippen molar-refractivity contribution < 1.29 is 9.53 Å². The Hall–Kier alpha value is -1.41. The van der Waals surface area contributed by atoms with Crippen LogP contribution in [0.1, 0.15) is 26.7 Å². The molecule has 1 unspecified atom stereocenters. The SMILES string of the molecule is CCOC(=O)N1CCC(NC(N)=NCC(C)Sc2ccc(Br)cc2)CC1. The predicted molar refractivity (Wildman–Crippen MR) is 111 cm³/mol. The summed E-state index contributed by atoms with van der Waals surface area (Å²) in [6.45, 7) is 6.38. The van der Waals surface area contributed by atoms with Gasteiger partial charge in [0.05, 0.1) is 13.2 Å². The van der Waals surface area contributed by atoms with Crippen molar-refractivity contribution in [2.45, 2.75) is 42.9 Å². The monoisotopic (exact) mass is 442 g/mol. The summed E-state index contributed by atoms with van der Waals surface area (Å²) in [6, 6.07) is 8.51. The number of hydrogen-bond donors (Lipinski definition) is 2. The van der Waals surface area contributed by atoms with E-state index >= 15 is 0 Å². The maximum atomic E-state index is 11.7. The molecule has 1 fully saturated rings. The minimum absolute atomic E-state index is 0.230. The molecule has 8 heteroatoms. The zero-order valence-electron chi connectivity index (χ0n) is 15.3. The average molecular weight is 443 g/mol. The molecule has 1 aliphatic rings. The van der Waals surface area contributed by atoms with Crippen LogP contribution in [-0.2, 0) is 4.74 Å². The lowest BCUT2D eigenvalue weighted by atomic mass is 10.1. The fraction of sp³-hybridized carbons (Fsp3) is 0.556. The Bertz CT molecular complexity index is 604. The molecule has 1 saturated heterocycles. The van der Waals surface area contributed by atoms with Crippen LogP contribution in [0.15, 0.2) is 38.6 Å². The first-order valence-electron chi connectivity index (χ1n) is 8.88. The molecule has 0 saturated carbocycles. The summed E-state index contributed by atoms with van der Waals surface area (Å²) in [5.74, 6) is 0.475. The first kappa shape index (κ1) is 20.9. The number of amides is 1. The van der Waals surface area contributed by atoms with E-state index in [9.17, 15) is 4.79 Å². The third kappa shape index (κ3) is 7.07.